The van der Waals surface area contributed by atoms with Crippen LogP contribution in [0.5, 0.6) is 0 Å². The molecule has 1 aromatic carbocycles. The van der Waals surface area contributed by atoms with E-state index in [1.54, 1.807) is 42.1 Å². The lowest BCUT2D eigenvalue weighted by atomic mass is 10.2. The molecule has 1 saturated heterocycles. The molecule has 2 aromatic rings. The smallest absolute Gasteiger partial charge is 0.142 e. The number of hydrogen-bond donors (Lipinski definition) is 0. The van der Waals surface area contributed by atoms with E-state index >= 15 is 0 Å². The van der Waals surface area contributed by atoms with Crippen LogP contribution < -0.4 is 0 Å². The molecule has 3 nitrogen and oxygen atoms in total. The summed E-state index contributed by atoms with van der Waals surface area (Å²) in [4.78, 5) is 4.02. The van der Waals surface area contributed by atoms with Crippen molar-refractivity contribution in [3.05, 3.63) is 52.5 Å². The summed E-state index contributed by atoms with van der Waals surface area (Å²) in [6.07, 6.45) is 5.22. The van der Waals surface area contributed by atoms with Crippen LogP contribution in [0.1, 0.15) is 16.9 Å². The van der Waals surface area contributed by atoms with Gasteiger partial charge in [0, 0.05) is 33.4 Å². The molecule has 1 aliphatic rings. The Morgan fingerprint density at radius 3 is 2.95 bits per heavy atom. The minimum absolute atomic E-state index is 0.168. The van der Waals surface area contributed by atoms with Gasteiger partial charge in [-0.15, -0.1) is 23.5 Å². The Labute approximate surface area is 141 Å². The Hall–Kier alpha value is -0.800. The van der Waals surface area contributed by atoms with Crippen LogP contribution in [0.2, 0.25) is 10.0 Å². The highest BCUT2D eigenvalue weighted by Gasteiger charge is 2.34. The maximum Gasteiger partial charge on any atom is 0.142 e. The second-order valence-corrected chi connectivity index (χ2v) is 8.24. The maximum absolute atomic E-state index is 9.44. The maximum atomic E-state index is 9.44. The van der Waals surface area contributed by atoms with Gasteiger partial charge < -0.3 is 4.57 Å². The first-order valence-electron chi connectivity index (χ1n) is 6.28. The topological polar surface area (TPSA) is 41.6 Å². The van der Waals surface area contributed by atoms with E-state index in [2.05, 4.69) is 11.1 Å². The summed E-state index contributed by atoms with van der Waals surface area (Å²) in [7, 11) is 0. The predicted octanol–water partition coefficient (Wildman–Crippen LogP) is 4.80. The zero-order chi connectivity index (χ0) is 14.8. The molecule has 1 fully saturated rings. The molecule has 0 aliphatic carbocycles. The normalized spacial score (nSPS) is 22.9. The van der Waals surface area contributed by atoms with Gasteiger partial charge in [-0.2, -0.15) is 5.26 Å². The highest BCUT2D eigenvalue weighted by atomic mass is 35.5. The van der Waals surface area contributed by atoms with Gasteiger partial charge >= 0.3 is 0 Å². The third-order valence-corrected chi connectivity index (χ3v) is 7.16. The van der Waals surface area contributed by atoms with E-state index < -0.39 is 0 Å². The van der Waals surface area contributed by atoms with Crippen molar-refractivity contribution in [2.75, 3.05) is 5.75 Å². The van der Waals surface area contributed by atoms with Crippen LogP contribution in [0.25, 0.3) is 0 Å². The standard InChI is InChI=1S/C14H11Cl2N3S2/c15-9-1-2-10(11(16)5-9)13-7-20-14(21-13)12(6-17)19-4-3-18-8-19/h1-5,8,12-14H,7H2/t12-,13+,14-/m1/s1. The fourth-order valence-corrected chi connectivity index (χ4v) is 6.28. The average Bonchev–Trinajstić information content (AvgIpc) is 3.12. The van der Waals surface area contributed by atoms with Gasteiger partial charge in [-0.1, -0.05) is 29.3 Å². The Kier molecular flexibility index (Phi) is 4.70. The number of thioether (sulfide) groups is 2. The first kappa shape index (κ1) is 15.1. The molecule has 0 N–H and O–H groups in total. The van der Waals surface area contributed by atoms with Gasteiger partial charge in [-0.25, -0.2) is 4.98 Å². The number of nitriles is 1. The fraction of sp³-hybridized carbons (Fsp3) is 0.286. The van der Waals surface area contributed by atoms with Crippen molar-refractivity contribution >= 4 is 46.7 Å². The molecule has 0 saturated carbocycles. The first-order chi connectivity index (χ1) is 10.2. The Morgan fingerprint density at radius 1 is 1.43 bits per heavy atom. The lowest BCUT2D eigenvalue weighted by Gasteiger charge is -2.17. The highest BCUT2D eigenvalue weighted by molar-refractivity contribution is 8.20. The van der Waals surface area contributed by atoms with Crippen molar-refractivity contribution in [2.24, 2.45) is 0 Å². The molecule has 21 heavy (non-hydrogen) atoms. The largest absolute Gasteiger partial charge is 0.319 e. The van der Waals surface area contributed by atoms with E-state index in [0.717, 1.165) is 11.3 Å². The third kappa shape index (κ3) is 3.19. The number of hydrogen-bond acceptors (Lipinski definition) is 4. The summed E-state index contributed by atoms with van der Waals surface area (Å²) < 4.78 is 2.03. The molecule has 108 valence electrons. The number of halogens is 2. The molecule has 1 aliphatic heterocycles. The molecule has 0 radical (unpaired) electrons. The summed E-state index contributed by atoms with van der Waals surface area (Å²) in [5, 5.41) is 11.1. The molecule has 0 spiro atoms. The Bertz CT molecular complexity index is 669. The van der Waals surface area contributed by atoms with Gasteiger partial charge in [-0.05, 0) is 17.7 Å². The molecule has 0 unspecified atom stereocenters. The van der Waals surface area contributed by atoms with Gasteiger partial charge in [0.25, 0.3) is 0 Å². The molecule has 0 amide bonds. The van der Waals surface area contributed by atoms with Crippen LogP contribution in [-0.4, -0.2) is 19.9 Å². The molecule has 3 rings (SSSR count). The molecule has 3 atom stereocenters. The Balaban J connectivity index is 1.77. The van der Waals surface area contributed by atoms with E-state index in [1.165, 1.54) is 0 Å². The number of benzene rings is 1. The van der Waals surface area contributed by atoms with Gasteiger partial charge in [0.2, 0.25) is 0 Å². The van der Waals surface area contributed by atoms with Crippen LogP contribution in [0.15, 0.2) is 36.9 Å². The van der Waals surface area contributed by atoms with Crippen LogP contribution in [0.4, 0.5) is 0 Å². The van der Waals surface area contributed by atoms with Crippen molar-refractivity contribution in [3.8, 4) is 6.07 Å². The van der Waals surface area contributed by atoms with Crippen LogP contribution in [0, 0.1) is 11.3 Å². The van der Waals surface area contributed by atoms with Crippen molar-refractivity contribution in [1.82, 2.24) is 9.55 Å². The molecular weight excluding hydrogens is 345 g/mol. The van der Waals surface area contributed by atoms with E-state index in [4.69, 9.17) is 23.2 Å². The lowest BCUT2D eigenvalue weighted by Crippen LogP contribution is -2.14. The fourth-order valence-electron chi connectivity index (χ4n) is 2.22. The lowest BCUT2D eigenvalue weighted by molar-refractivity contribution is 0.664. The molecular formula is C14H11Cl2N3S2. The first-order valence-corrected chi connectivity index (χ1v) is 9.03. The van der Waals surface area contributed by atoms with Crippen LogP contribution in [0.3, 0.4) is 0 Å². The van der Waals surface area contributed by atoms with E-state index in [0.29, 0.717) is 10.0 Å². The molecule has 2 heterocycles. The zero-order valence-electron chi connectivity index (χ0n) is 10.8. The summed E-state index contributed by atoms with van der Waals surface area (Å²) in [6, 6.07) is 7.75. The molecule has 0 bridgehead atoms. The molecule has 7 heteroatoms. The monoisotopic (exact) mass is 355 g/mol. The molecule has 1 aromatic heterocycles. The van der Waals surface area contributed by atoms with E-state index in [1.807, 2.05) is 22.9 Å². The summed E-state index contributed by atoms with van der Waals surface area (Å²) in [6.45, 7) is 0. The number of aromatic nitrogens is 2. The second kappa shape index (κ2) is 6.53. The second-order valence-electron chi connectivity index (χ2n) is 4.58. The van der Waals surface area contributed by atoms with Gasteiger partial charge in [-0.3, -0.25) is 0 Å². The predicted molar refractivity (Wildman–Crippen MR) is 89.9 cm³/mol. The van der Waals surface area contributed by atoms with Crippen LogP contribution >= 0.6 is 46.7 Å². The minimum atomic E-state index is -0.224. The highest BCUT2D eigenvalue weighted by Crippen LogP contribution is 2.52. The van der Waals surface area contributed by atoms with Gasteiger partial charge in [0.15, 0.2) is 0 Å². The Morgan fingerprint density at radius 2 is 2.29 bits per heavy atom. The van der Waals surface area contributed by atoms with Gasteiger partial charge in [0.05, 0.1) is 17.0 Å². The van der Waals surface area contributed by atoms with Gasteiger partial charge in [0.1, 0.15) is 6.04 Å². The quantitative estimate of drug-likeness (QED) is 0.792. The SMILES string of the molecule is N#C[C@H]([C@@H]1SC[C@@H](c2ccc(Cl)cc2Cl)S1)n1ccnc1. The number of nitrogens with zero attached hydrogens (tertiary/aromatic N) is 3. The van der Waals surface area contributed by atoms with E-state index in [9.17, 15) is 5.26 Å². The average molecular weight is 356 g/mol. The summed E-state index contributed by atoms with van der Waals surface area (Å²) >= 11 is 15.8. The third-order valence-electron chi connectivity index (χ3n) is 3.26. The summed E-state index contributed by atoms with van der Waals surface area (Å²) in [5.74, 6) is 0.934. The van der Waals surface area contributed by atoms with E-state index in [-0.39, 0.29) is 15.9 Å². The van der Waals surface area contributed by atoms with Crippen molar-refractivity contribution < 1.29 is 0 Å². The van der Waals surface area contributed by atoms with Crippen molar-refractivity contribution in [1.29, 1.82) is 5.26 Å². The minimum Gasteiger partial charge on any atom is -0.319 e. The zero-order valence-corrected chi connectivity index (χ0v) is 14.0. The number of rotatable bonds is 3. The van der Waals surface area contributed by atoms with Crippen LogP contribution in [-0.2, 0) is 0 Å². The van der Waals surface area contributed by atoms with Crippen molar-refractivity contribution in [2.45, 2.75) is 15.9 Å². The van der Waals surface area contributed by atoms with Crippen molar-refractivity contribution in [3.63, 3.8) is 0 Å². The number of imidazole rings is 1. The summed E-state index contributed by atoms with van der Waals surface area (Å²) in [5.41, 5.74) is 1.09.